The Kier molecular flexibility index (Phi) is 6.24. The Morgan fingerprint density at radius 1 is 1.16 bits per heavy atom. The molecular weight excluding hydrogens is 424 g/mol. The van der Waals surface area contributed by atoms with Gasteiger partial charge < -0.3 is 15.0 Å². The fourth-order valence-corrected chi connectivity index (χ4v) is 4.38. The largest absolute Gasteiger partial charge is 0.378 e. The second kappa shape index (κ2) is 9.43. The molecule has 170 valence electrons. The number of aromatic nitrogens is 5. The van der Waals surface area contributed by atoms with Crippen LogP contribution in [0.3, 0.4) is 0 Å². The summed E-state index contributed by atoms with van der Waals surface area (Å²) in [6.45, 7) is 8.16. The second-order valence-electron chi connectivity index (χ2n) is 8.00. The summed E-state index contributed by atoms with van der Waals surface area (Å²) in [5.41, 5.74) is 3.54. The highest BCUT2D eigenvalue weighted by Crippen LogP contribution is 2.26. The maximum Gasteiger partial charge on any atom is 0.247 e. The van der Waals surface area contributed by atoms with Crippen LogP contribution in [-0.2, 0) is 11.2 Å². The van der Waals surface area contributed by atoms with Gasteiger partial charge in [-0.15, -0.1) is 5.10 Å². The fraction of sp³-hybridized carbons (Fsp3) is 0.455. The van der Waals surface area contributed by atoms with Crippen LogP contribution in [0.2, 0.25) is 0 Å². The van der Waals surface area contributed by atoms with Gasteiger partial charge in [-0.3, -0.25) is 4.90 Å². The normalized spacial score (nSPS) is 17.4. The zero-order chi connectivity index (χ0) is 21.9. The molecule has 0 atom stereocenters. The van der Waals surface area contributed by atoms with Crippen molar-refractivity contribution in [2.75, 3.05) is 55.9 Å². The molecule has 32 heavy (non-hydrogen) atoms. The van der Waals surface area contributed by atoms with E-state index in [1.54, 1.807) is 17.2 Å². The molecule has 2 fully saturated rings. The zero-order valence-electron chi connectivity index (χ0n) is 18.4. The predicted molar refractivity (Wildman–Crippen MR) is 128 cm³/mol. The summed E-state index contributed by atoms with van der Waals surface area (Å²) in [5, 5.41) is 8.64. The van der Waals surface area contributed by atoms with Crippen molar-refractivity contribution in [3.05, 3.63) is 42.4 Å². The minimum atomic E-state index is 0. The first-order valence-electron chi connectivity index (χ1n) is 11.0. The van der Waals surface area contributed by atoms with Crippen molar-refractivity contribution in [2.45, 2.75) is 24.5 Å². The van der Waals surface area contributed by atoms with Crippen LogP contribution < -0.4 is 10.2 Å². The first kappa shape index (κ1) is 21.2. The van der Waals surface area contributed by atoms with Gasteiger partial charge in [-0.2, -0.15) is 4.98 Å². The van der Waals surface area contributed by atoms with E-state index in [2.05, 4.69) is 60.3 Å². The number of hydrogen-bond donors (Lipinski definition) is 1. The van der Waals surface area contributed by atoms with Crippen molar-refractivity contribution in [3.63, 3.8) is 0 Å². The lowest BCUT2D eigenvalue weighted by Crippen LogP contribution is -2.56. The number of nitrogens with one attached hydrogen (secondary N) is 1. The number of aryl methyl sites for hydroxylation is 1. The highest BCUT2D eigenvalue weighted by molar-refractivity contribution is 7.98. The number of rotatable bonds is 7. The van der Waals surface area contributed by atoms with E-state index < -0.39 is 0 Å². The van der Waals surface area contributed by atoms with E-state index in [0.29, 0.717) is 23.0 Å². The van der Waals surface area contributed by atoms with Crippen LogP contribution in [0, 0.1) is 0 Å². The molecule has 9 nitrogen and oxygen atoms in total. The minimum absolute atomic E-state index is 0. The van der Waals surface area contributed by atoms with E-state index in [0.717, 1.165) is 51.5 Å². The second-order valence-corrected chi connectivity index (χ2v) is 8.77. The summed E-state index contributed by atoms with van der Waals surface area (Å²) in [6, 6.07) is 9.09. The Labute approximate surface area is 193 Å². The molecule has 2 aromatic heterocycles. The molecule has 3 aromatic rings. The van der Waals surface area contributed by atoms with Gasteiger partial charge in [0, 0.05) is 51.2 Å². The van der Waals surface area contributed by atoms with Crippen LogP contribution in [-0.4, -0.2) is 81.3 Å². The van der Waals surface area contributed by atoms with Gasteiger partial charge in [-0.05, 0) is 36.4 Å². The van der Waals surface area contributed by atoms with Crippen molar-refractivity contribution < 1.29 is 6.16 Å². The molecule has 0 unspecified atom stereocenters. The van der Waals surface area contributed by atoms with Gasteiger partial charge in [-0.25, -0.2) is 14.6 Å². The van der Waals surface area contributed by atoms with Crippen LogP contribution in [0.15, 0.2) is 41.9 Å². The highest BCUT2D eigenvalue weighted by atomic mass is 32.2. The summed E-state index contributed by atoms with van der Waals surface area (Å²) in [7, 11) is 0. The van der Waals surface area contributed by atoms with Crippen LogP contribution in [0.4, 0.5) is 17.3 Å². The van der Waals surface area contributed by atoms with Crippen LogP contribution in [0.25, 0.3) is 5.82 Å². The summed E-state index contributed by atoms with van der Waals surface area (Å²) in [5.74, 6) is 1.24. The van der Waals surface area contributed by atoms with Gasteiger partial charge >= 0.3 is 0 Å². The van der Waals surface area contributed by atoms with E-state index in [1.165, 1.54) is 23.0 Å². The Bertz CT molecular complexity index is 1070. The Morgan fingerprint density at radius 2 is 2.00 bits per heavy atom. The van der Waals surface area contributed by atoms with Crippen LogP contribution >= 0.6 is 11.8 Å². The fourth-order valence-electron chi connectivity index (χ4n) is 4.03. The lowest BCUT2D eigenvalue weighted by atomic mass is 10.1. The number of hydrogen-bond acceptors (Lipinski definition) is 9. The van der Waals surface area contributed by atoms with Gasteiger partial charge in [0.2, 0.25) is 5.95 Å². The molecule has 0 saturated carbocycles. The van der Waals surface area contributed by atoms with Crippen molar-refractivity contribution >= 4 is 29.1 Å². The molecule has 2 aliphatic rings. The van der Waals surface area contributed by atoms with Crippen molar-refractivity contribution in [3.8, 4) is 5.82 Å². The van der Waals surface area contributed by atoms with Gasteiger partial charge in [0.25, 0.3) is 0 Å². The van der Waals surface area contributed by atoms with E-state index in [1.807, 2.05) is 12.3 Å². The first-order valence-corrected chi connectivity index (χ1v) is 12.2. The van der Waals surface area contributed by atoms with Gasteiger partial charge in [-0.1, -0.05) is 18.7 Å². The number of ether oxygens (including phenoxy) is 1. The Morgan fingerprint density at radius 3 is 2.72 bits per heavy atom. The molecule has 4 heterocycles. The molecule has 10 heteroatoms. The Balaban J connectivity index is 0.00000259. The quantitative estimate of drug-likeness (QED) is 0.428. The molecule has 1 N–H and O–H groups in total. The van der Waals surface area contributed by atoms with Crippen molar-refractivity contribution in [1.82, 2.24) is 29.6 Å². The maximum absolute atomic E-state index is 5.36. The van der Waals surface area contributed by atoms with Crippen LogP contribution in [0.1, 0.15) is 13.9 Å². The molecule has 2 aliphatic heterocycles. The summed E-state index contributed by atoms with van der Waals surface area (Å²) in [4.78, 5) is 18.1. The topological polar surface area (TPSA) is 84.2 Å². The molecule has 0 bridgehead atoms. The molecule has 5 rings (SSSR count). The lowest BCUT2D eigenvalue weighted by Gasteiger charge is -2.43. The minimum Gasteiger partial charge on any atom is -0.378 e. The number of benzene rings is 1. The van der Waals surface area contributed by atoms with Gasteiger partial charge in [0.05, 0.1) is 19.3 Å². The number of anilines is 3. The van der Waals surface area contributed by atoms with Crippen molar-refractivity contribution in [1.29, 1.82) is 0 Å². The third-order valence-electron chi connectivity index (χ3n) is 5.99. The molecular formula is C22H30N8OS. The molecule has 2 saturated heterocycles. The third kappa shape index (κ3) is 4.57. The summed E-state index contributed by atoms with van der Waals surface area (Å²) >= 11 is 1.50. The molecule has 0 radical (unpaired) electrons. The average Bonchev–Trinajstić information content (AvgIpc) is 3.26. The predicted octanol–water partition coefficient (Wildman–Crippen LogP) is 2.85. The van der Waals surface area contributed by atoms with E-state index in [-0.39, 0.29) is 1.43 Å². The first-order chi connectivity index (χ1) is 15.7. The summed E-state index contributed by atoms with van der Waals surface area (Å²) < 4.78 is 7.02. The number of piperazine rings is 1. The average molecular weight is 455 g/mol. The lowest BCUT2D eigenvalue weighted by molar-refractivity contribution is -0.0660. The number of thioether (sulfide) groups is 1. The standard InChI is InChI=1S/C22H28N8OS.H2/c1-3-16-10-17(12-18(11-16)28-6-8-29(9-7-28)19-13-31-14-19)25-21-24-15-30(27-21)20-4-5-23-22(26-20)32-2;/h4-5,10-12,15,19H,3,6-9,13-14H2,1-2H3,(H,25,27);1H. The summed E-state index contributed by atoms with van der Waals surface area (Å²) in [6.07, 6.45) is 6.33. The van der Waals surface area contributed by atoms with Crippen LogP contribution in [0.5, 0.6) is 0 Å². The molecule has 0 spiro atoms. The monoisotopic (exact) mass is 454 g/mol. The van der Waals surface area contributed by atoms with E-state index >= 15 is 0 Å². The third-order valence-corrected chi connectivity index (χ3v) is 6.55. The SMILES string of the molecule is CCc1cc(Nc2ncn(-c3ccnc(SC)n3)n2)cc(N2CCN(C3COC3)CC2)c1.[HH]. The van der Waals surface area contributed by atoms with Gasteiger partial charge in [0.1, 0.15) is 6.33 Å². The Hall–Kier alpha value is -2.69. The van der Waals surface area contributed by atoms with E-state index in [4.69, 9.17) is 4.74 Å². The van der Waals surface area contributed by atoms with Crippen molar-refractivity contribution in [2.24, 2.45) is 0 Å². The zero-order valence-corrected chi connectivity index (χ0v) is 19.3. The van der Waals surface area contributed by atoms with E-state index in [9.17, 15) is 0 Å². The van der Waals surface area contributed by atoms with Gasteiger partial charge in [0.15, 0.2) is 11.0 Å². The molecule has 1 aromatic carbocycles. The number of nitrogens with zero attached hydrogens (tertiary/aromatic N) is 7. The maximum atomic E-state index is 5.36. The highest BCUT2D eigenvalue weighted by Gasteiger charge is 2.29. The molecule has 0 aliphatic carbocycles. The molecule has 0 amide bonds. The smallest absolute Gasteiger partial charge is 0.247 e.